The summed E-state index contributed by atoms with van der Waals surface area (Å²) in [7, 11) is 2.92. The number of fused-ring (bicyclic) bond motifs is 1. The molecule has 1 aliphatic heterocycles. The van der Waals surface area contributed by atoms with Crippen molar-refractivity contribution in [1.82, 2.24) is 9.47 Å². The van der Waals surface area contributed by atoms with Crippen LogP contribution in [0.2, 0.25) is 0 Å². The number of carbonyl (C=O) groups is 1. The number of likely N-dealkylation sites (tertiary alicyclic amines) is 1. The van der Waals surface area contributed by atoms with E-state index in [9.17, 15) is 33.2 Å². The number of benzene rings is 3. The molecule has 0 radical (unpaired) electrons. The summed E-state index contributed by atoms with van der Waals surface area (Å²) >= 11 is 0. The largest absolute Gasteiger partial charge is 0.493 e. The van der Waals surface area contributed by atoms with Gasteiger partial charge in [-0.1, -0.05) is 30.3 Å². The van der Waals surface area contributed by atoms with Crippen molar-refractivity contribution in [2.24, 2.45) is 5.92 Å². The number of nitrogens with zero attached hydrogens (tertiary/aromatic N) is 3. The number of nitro benzene ring substituents is 1. The molecule has 1 fully saturated rings. The number of aromatic nitrogens is 1. The number of rotatable bonds is 14. The number of non-ortho nitro benzene ring substituents is 1. The molecule has 0 bridgehead atoms. The average molecular weight is 686 g/mol. The Labute approximate surface area is 280 Å². The molecule has 0 aliphatic carbocycles. The van der Waals surface area contributed by atoms with E-state index < -0.39 is 29.2 Å². The van der Waals surface area contributed by atoms with Gasteiger partial charge in [0.15, 0.2) is 11.5 Å². The van der Waals surface area contributed by atoms with Crippen LogP contribution in [0.25, 0.3) is 10.9 Å². The highest BCUT2D eigenvalue weighted by Crippen LogP contribution is 2.45. The van der Waals surface area contributed by atoms with E-state index in [2.05, 4.69) is 0 Å². The maximum absolute atomic E-state index is 14.9. The fraction of sp³-hybridized carbons (Fsp3) is 0.400. The van der Waals surface area contributed by atoms with Gasteiger partial charge in [0.1, 0.15) is 0 Å². The van der Waals surface area contributed by atoms with Gasteiger partial charge in [-0.05, 0) is 67.6 Å². The third kappa shape index (κ3) is 7.92. The molecule has 1 aliphatic rings. The Hall–Kier alpha value is -4.82. The lowest BCUT2D eigenvalue weighted by Crippen LogP contribution is -2.52. The normalized spacial score (nSPS) is 15.6. The van der Waals surface area contributed by atoms with Gasteiger partial charge >= 0.3 is 12.1 Å². The first-order chi connectivity index (χ1) is 23.3. The third-order valence-corrected chi connectivity index (χ3v) is 8.96. The zero-order chi connectivity index (χ0) is 35.3. The number of halogens is 3. The van der Waals surface area contributed by atoms with Crippen LogP contribution in [0.3, 0.4) is 0 Å². The van der Waals surface area contributed by atoms with Gasteiger partial charge in [0.25, 0.3) is 5.69 Å². The van der Waals surface area contributed by atoms with Crippen molar-refractivity contribution in [2.75, 3.05) is 40.5 Å². The summed E-state index contributed by atoms with van der Waals surface area (Å²) in [6.07, 6.45) is -2.59. The lowest BCUT2D eigenvalue weighted by atomic mass is 9.90. The van der Waals surface area contributed by atoms with Gasteiger partial charge in [-0.15, -0.1) is 0 Å². The fourth-order valence-electron chi connectivity index (χ4n) is 6.27. The highest BCUT2D eigenvalue weighted by Gasteiger charge is 2.57. The Morgan fingerprint density at radius 2 is 1.65 bits per heavy atom. The predicted octanol–water partition coefficient (Wildman–Crippen LogP) is 6.17. The standard InChI is InChI=1S/C35H38F3N3O8/c1-47-30-16-25(8-11-32(42)43)17-31(48-2)33(30)49-21-24-12-14-39(15-13-24)22-34(44,35(36,37)38)28-20-40(19-23-6-4-3-5-7-23)29-18-26(41(45)46)9-10-27(28)29/h3-7,9-10,16-18,20,24,44H,8,11-15,19,21-22H2,1-2H3,(H,42,43). The van der Waals surface area contributed by atoms with Gasteiger partial charge in [0.2, 0.25) is 11.4 Å². The van der Waals surface area contributed by atoms with Crippen LogP contribution in [0.1, 0.15) is 36.0 Å². The molecule has 0 amide bonds. The summed E-state index contributed by atoms with van der Waals surface area (Å²) in [5.41, 5.74) is -2.19. The van der Waals surface area contributed by atoms with Crippen LogP contribution >= 0.6 is 0 Å². The van der Waals surface area contributed by atoms with Crippen molar-refractivity contribution in [1.29, 1.82) is 0 Å². The van der Waals surface area contributed by atoms with Crippen molar-refractivity contribution in [2.45, 2.75) is 44.0 Å². The smallest absolute Gasteiger partial charge is 0.422 e. The number of carboxylic acids is 1. The number of ether oxygens (including phenoxy) is 3. The van der Waals surface area contributed by atoms with Crippen LogP contribution in [0.5, 0.6) is 17.2 Å². The van der Waals surface area contributed by atoms with E-state index in [-0.39, 0.29) is 67.2 Å². The molecule has 1 atom stereocenters. The fourth-order valence-corrected chi connectivity index (χ4v) is 6.27. The Bertz CT molecular complexity index is 1760. The first kappa shape index (κ1) is 35.5. The van der Waals surface area contributed by atoms with Crippen molar-refractivity contribution in [3.05, 3.63) is 93.7 Å². The summed E-state index contributed by atoms with van der Waals surface area (Å²) in [6, 6.07) is 16.0. The summed E-state index contributed by atoms with van der Waals surface area (Å²) in [5.74, 6) is 0.169. The Morgan fingerprint density at radius 3 is 2.22 bits per heavy atom. The first-order valence-corrected chi connectivity index (χ1v) is 15.8. The molecular weight excluding hydrogens is 647 g/mol. The van der Waals surface area contributed by atoms with Crippen LogP contribution in [-0.4, -0.2) is 77.2 Å². The van der Waals surface area contributed by atoms with Crippen molar-refractivity contribution < 1.29 is 47.3 Å². The maximum atomic E-state index is 14.9. The molecule has 49 heavy (non-hydrogen) atoms. The lowest BCUT2D eigenvalue weighted by molar-refractivity contribution is -0.384. The number of piperidine rings is 1. The molecule has 0 saturated carbocycles. The maximum Gasteiger partial charge on any atom is 0.422 e. The molecule has 4 aromatic rings. The van der Waals surface area contributed by atoms with E-state index in [4.69, 9.17) is 19.3 Å². The second-order valence-electron chi connectivity index (χ2n) is 12.2. The quantitative estimate of drug-likeness (QED) is 0.118. The minimum Gasteiger partial charge on any atom is -0.493 e. The Balaban J connectivity index is 1.33. The van der Waals surface area contributed by atoms with Gasteiger partial charge in [-0.3, -0.25) is 19.8 Å². The molecule has 0 spiro atoms. The molecule has 11 nitrogen and oxygen atoms in total. The number of hydrogen-bond acceptors (Lipinski definition) is 8. The topological polar surface area (TPSA) is 137 Å². The third-order valence-electron chi connectivity index (χ3n) is 8.96. The van der Waals surface area contributed by atoms with Crippen LogP contribution < -0.4 is 14.2 Å². The molecule has 1 aromatic heterocycles. The zero-order valence-corrected chi connectivity index (χ0v) is 27.1. The summed E-state index contributed by atoms with van der Waals surface area (Å²) < 4.78 is 63.2. The SMILES string of the molecule is COc1cc(CCC(=O)O)cc(OC)c1OCC1CCN(CC(O)(c2cn(Cc3ccccc3)c3cc([N+](=O)[O-])ccc23)C(F)(F)F)CC1. The van der Waals surface area contributed by atoms with Crippen molar-refractivity contribution >= 4 is 22.6 Å². The number of hydrogen-bond donors (Lipinski definition) is 2. The highest BCUT2D eigenvalue weighted by molar-refractivity contribution is 5.87. The first-order valence-electron chi connectivity index (χ1n) is 15.8. The number of nitro groups is 1. The molecule has 262 valence electrons. The molecule has 1 saturated heterocycles. The monoisotopic (exact) mass is 685 g/mol. The van der Waals surface area contributed by atoms with Gasteiger partial charge in [0.05, 0.1) is 31.3 Å². The van der Waals surface area contributed by atoms with Crippen LogP contribution in [0, 0.1) is 16.0 Å². The number of aliphatic carboxylic acids is 1. The number of methoxy groups -OCH3 is 2. The molecule has 2 heterocycles. The summed E-state index contributed by atoms with van der Waals surface area (Å²) in [5, 5.41) is 32.2. The average Bonchev–Trinajstić information content (AvgIpc) is 3.44. The van der Waals surface area contributed by atoms with Gasteiger partial charge < -0.3 is 29.0 Å². The predicted molar refractivity (Wildman–Crippen MR) is 174 cm³/mol. The van der Waals surface area contributed by atoms with Crippen molar-refractivity contribution in [3.63, 3.8) is 0 Å². The van der Waals surface area contributed by atoms with Crippen LogP contribution in [-0.2, 0) is 23.4 Å². The number of alkyl halides is 3. The number of aliphatic hydroxyl groups is 1. The second-order valence-corrected chi connectivity index (χ2v) is 12.2. The van der Waals surface area contributed by atoms with E-state index in [1.54, 1.807) is 41.3 Å². The molecule has 1 unspecified atom stereocenters. The second kappa shape index (κ2) is 14.7. The van der Waals surface area contributed by atoms with Crippen molar-refractivity contribution in [3.8, 4) is 17.2 Å². The summed E-state index contributed by atoms with van der Waals surface area (Å²) in [6.45, 7) is 0.208. The van der Waals surface area contributed by atoms with E-state index in [1.165, 1.54) is 37.1 Å². The number of aryl methyl sites for hydroxylation is 1. The molecule has 5 rings (SSSR count). The van der Waals surface area contributed by atoms with Crippen LogP contribution in [0.4, 0.5) is 18.9 Å². The Kier molecular flexibility index (Phi) is 10.7. The van der Waals surface area contributed by atoms with E-state index in [1.807, 2.05) is 6.07 Å². The number of carboxylic acid groups (broad SMARTS) is 1. The zero-order valence-electron chi connectivity index (χ0n) is 27.1. The summed E-state index contributed by atoms with van der Waals surface area (Å²) in [4.78, 5) is 23.5. The van der Waals surface area contributed by atoms with E-state index in [0.717, 1.165) is 11.6 Å². The van der Waals surface area contributed by atoms with E-state index in [0.29, 0.717) is 35.7 Å². The van der Waals surface area contributed by atoms with Gasteiger partial charge in [-0.25, -0.2) is 0 Å². The molecule has 2 N–H and O–H groups in total. The lowest BCUT2D eigenvalue weighted by Gasteiger charge is -2.39. The molecule has 3 aromatic carbocycles. The minimum atomic E-state index is -5.05. The van der Waals surface area contributed by atoms with Gasteiger partial charge in [0, 0.05) is 48.8 Å². The van der Waals surface area contributed by atoms with Gasteiger partial charge in [-0.2, -0.15) is 13.2 Å². The van der Waals surface area contributed by atoms with Crippen LogP contribution in [0.15, 0.2) is 66.9 Å². The number of β-amino-alcohol motifs (C(OH)–C–C–N with tert-alkyl or cyclic N) is 1. The highest BCUT2D eigenvalue weighted by atomic mass is 19.4. The molecule has 14 heteroatoms. The minimum absolute atomic E-state index is 0.00957. The molecular formula is C35H38F3N3O8. The Morgan fingerprint density at radius 1 is 1.00 bits per heavy atom. The van der Waals surface area contributed by atoms with E-state index >= 15 is 0 Å².